The van der Waals surface area contributed by atoms with Crippen molar-refractivity contribution in [2.24, 2.45) is 0 Å². The molecule has 0 saturated heterocycles. The molecular weight excluding hydrogens is 636 g/mol. The van der Waals surface area contributed by atoms with Crippen molar-refractivity contribution < 1.29 is 33.3 Å². The molecule has 2 atom stereocenters. The SMILES string of the molecule is COc1ccc(NC(C)=O)cc1NC(=O)[C@@H](CCSC)Nc1ccc2c(cc1=O)[C@H](NC(C)=O)CCc1cc(OC)c(OC)c(OC)c1-2. The van der Waals surface area contributed by atoms with E-state index in [1.807, 2.05) is 12.3 Å². The van der Waals surface area contributed by atoms with E-state index in [0.717, 1.165) is 11.1 Å². The van der Waals surface area contributed by atoms with Crippen molar-refractivity contribution in [2.75, 3.05) is 56.4 Å². The Bertz CT molecular complexity index is 1750. The molecular formula is C35H42N4O8S. The van der Waals surface area contributed by atoms with Gasteiger partial charge in [0.15, 0.2) is 11.5 Å². The van der Waals surface area contributed by atoms with Gasteiger partial charge in [-0.3, -0.25) is 19.2 Å². The highest BCUT2D eigenvalue weighted by atomic mass is 32.2. The van der Waals surface area contributed by atoms with E-state index >= 15 is 0 Å². The van der Waals surface area contributed by atoms with Gasteiger partial charge in [0, 0.05) is 25.1 Å². The Morgan fingerprint density at radius 1 is 0.854 bits per heavy atom. The molecule has 0 aromatic heterocycles. The lowest BCUT2D eigenvalue weighted by Crippen LogP contribution is -2.36. The fourth-order valence-electron chi connectivity index (χ4n) is 5.83. The van der Waals surface area contributed by atoms with Gasteiger partial charge in [0.05, 0.1) is 45.9 Å². The summed E-state index contributed by atoms with van der Waals surface area (Å²) in [6, 6.07) is 10.5. The van der Waals surface area contributed by atoms with Crippen LogP contribution in [0.15, 0.2) is 47.3 Å². The number of hydrogen-bond acceptors (Lipinski definition) is 10. The lowest BCUT2D eigenvalue weighted by atomic mass is 9.95. The molecule has 0 fully saturated rings. The number of carbonyl (C=O) groups is 3. The Morgan fingerprint density at radius 2 is 1.58 bits per heavy atom. The number of amides is 3. The number of benzene rings is 2. The minimum absolute atomic E-state index is 0.200. The molecule has 4 rings (SSSR count). The van der Waals surface area contributed by atoms with Crippen LogP contribution >= 0.6 is 11.8 Å². The van der Waals surface area contributed by atoms with Gasteiger partial charge < -0.3 is 40.2 Å². The molecule has 256 valence electrons. The molecule has 13 heteroatoms. The Hall–Kier alpha value is -4.91. The number of fused-ring (bicyclic) bond motifs is 3. The van der Waals surface area contributed by atoms with Gasteiger partial charge in [0.2, 0.25) is 28.9 Å². The Morgan fingerprint density at radius 3 is 2.21 bits per heavy atom. The van der Waals surface area contributed by atoms with Crippen molar-refractivity contribution in [3.05, 3.63) is 63.8 Å². The minimum atomic E-state index is -0.807. The fourth-order valence-corrected chi connectivity index (χ4v) is 6.30. The molecule has 3 aromatic rings. The monoisotopic (exact) mass is 678 g/mol. The highest BCUT2D eigenvalue weighted by molar-refractivity contribution is 7.98. The first-order valence-corrected chi connectivity index (χ1v) is 16.7. The predicted molar refractivity (Wildman–Crippen MR) is 189 cm³/mol. The van der Waals surface area contributed by atoms with Crippen LogP contribution in [0.1, 0.15) is 43.9 Å². The van der Waals surface area contributed by atoms with E-state index < -0.39 is 18.0 Å². The standard InChI is InChI=1S/C35H42N4O8S/c1-19(40)36-22-9-13-30(44-3)28(17-22)39-35(43)27(14-15-48-7)38-26-12-10-23-24(18-29(26)42)25(37-20(2)41)11-8-21-16-31(45-4)33(46-5)34(47-6)32(21)23/h9-10,12-13,16-18,25,27H,8,11,14-15H2,1-7H3,(H,36,40)(H,37,41)(H,38,42)(H,39,43)/t25-,27-/m1/s1. The van der Waals surface area contributed by atoms with Crippen molar-refractivity contribution in [3.8, 4) is 34.1 Å². The molecule has 0 bridgehead atoms. The average molecular weight is 679 g/mol. The molecule has 48 heavy (non-hydrogen) atoms. The van der Waals surface area contributed by atoms with E-state index in [-0.39, 0.29) is 22.9 Å². The molecule has 12 nitrogen and oxygen atoms in total. The quantitative estimate of drug-likeness (QED) is 0.194. The Kier molecular flexibility index (Phi) is 12.2. The molecule has 0 spiro atoms. The zero-order valence-corrected chi connectivity index (χ0v) is 29.0. The van der Waals surface area contributed by atoms with Gasteiger partial charge in [-0.25, -0.2) is 0 Å². The van der Waals surface area contributed by atoms with Crippen LogP contribution in [0.4, 0.5) is 17.1 Å². The maximum atomic E-state index is 13.9. The van der Waals surface area contributed by atoms with Crippen LogP contribution in [0.3, 0.4) is 0 Å². The highest BCUT2D eigenvalue weighted by Gasteiger charge is 2.30. The number of thioether (sulfide) groups is 1. The first-order valence-electron chi connectivity index (χ1n) is 15.3. The number of hydrogen-bond donors (Lipinski definition) is 4. The van der Waals surface area contributed by atoms with E-state index in [2.05, 4.69) is 21.3 Å². The normalized spacial score (nSPS) is 13.9. The summed E-state index contributed by atoms with van der Waals surface area (Å²) in [6.07, 6.45) is 3.42. The largest absolute Gasteiger partial charge is 0.495 e. The third-order valence-corrected chi connectivity index (χ3v) is 8.59. The van der Waals surface area contributed by atoms with Gasteiger partial charge in [0.25, 0.3) is 0 Å². The highest BCUT2D eigenvalue weighted by Crippen LogP contribution is 2.50. The first kappa shape index (κ1) is 35.9. The summed E-state index contributed by atoms with van der Waals surface area (Å²) >= 11 is 1.57. The van der Waals surface area contributed by atoms with E-state index in [4.69, 9.17) is 18.9 Å². The van der Waals surface area contributed by atoms with Crippen LogP contribution in [-0.2, 0) is 20.8 Å². The zero-order chi connectivity index (χ0) is 35.0. The van der Waals surface area contributed by atoms with E-state index in [9.17, 15) is 19.2 Å². The van der Waals surface area contributed by atoms with E-state index in [1.54, 1.807) is 49.2 Å². The summed E-state index contributed by atoms with van der Waals surface area (Å²) in [6.45, 7) is 2.83. The van der Waals surface area contributed by atoms with Crippen molar-refractivity contribution in [1.29, 1.82) is 0 Å². The summed E-state index contributed by atoms with van der Waals surface area (Å²) in [4.78, 5) is 51.6. The zero-order valence-electron chi connectivity index (χ0n) is 28.2. The van der Waals surface area contributed by atoms with Crippen molar-refractivity contribution in [3.63, 3.8) is 0 Å². The number of rotatable bonds is 13. The molecule has 4 N–H and O–H groups in total. The van der Waals surface area contributed by atoms with E-state index in [1.165, 1.54) is 41.2 Å². The third kappa shape index (κ3) is 8.14. The molecule has 0 unspecified atom stereocenters. The maximum absolute atomic E-state index is 13.9. The number of carbonyl (C=O) groups excluding carboxylic acids is 3. The summed E-state index contributed by atoms with van der Waals surface area (Å²) in [5, 5.41) is 11.8. The predicted octanol–water partition coefficient (Wildman–Crippen LogP) is 5.00. The van der Waals surface area contributed by atoms with Gasteiger partial charge in [-0.05, 0) is 84.4 Å². The van der Waals surface area contributed by atoms with Gasteiger partial charge in [-0.1, -0.05) is 6.07 Å². The molecule has 3 amide bonds. The second-order valence-electron chi connectivity index (χ2n) is 11.2. The van der Waals surface area contributed by atoms with Crippen LogP contribution < -0.4 is 45.6 Å². The molecule has 1 aliphatic carbocycles. The molecule has 0 aliphatic heterocycles. The average Bonchev–Trinajstić information content (AvgIpc) is 3.29. The lowest BCUT2D eigenvalue weighted by molar-refractivity contribution is -0.120. The van der Waals surface area contributed by atoms with Crippen LogP contribution in [0.2, 0.25) is 0 Å². The second-order valence-corrected chi connectivity index (χ2v) is 12.1. The molecule has 0 heterocycles. The first-order chi connectivity index (χ1) is 23.0. The summed E-state index contributed by atoms with van der Waals surface area (Å²) in [7, 11) is 6.10. The number of anilines is 3. The van der Waals surface area contributed by atoms with Crippen LogP contribution in [-0.4, -0.2) is 64.2 Å². The third-order valence-electron chi connectivity index (χ3n) is 7.95. The lowest BCUT2D eigenvalue weighted by Gasteiger charge is -2.20. The van der Waals surface area contributed by atoms with Gasteiger partial charge >= 0.3 is 0 Å². The molecule has 0 radical (unpaired) electrons. The van der Waals surface area contributed by atoms with Crippen LogP contribution in [0.25, 0.3) is 11.1 Å². The topological polar surface area (TPSA) is 153 Å². The van der Waals surface area contributed by atoms with Gasteiger partial charge in [-0.2, -0.15) is 11.8 Å². The van der Waals surface area contributed by atoms with Crippen molar-refractivity contribution in [2.45, 2.75) is 45.2 Å². The summed E-state index contributed by atoms with van der Waals surface area (Å²) < 4.78 is 22.6. The number of nitrogens with one attached hydrogen (secondary N) is 4. The fraction of sp³-hybridized carbons (Fsp3) is 0.371. The summed E-state index contributed by atoms with van der Waals surface area (Å²) in [5.41, 5.74) is 3.60. The molecule has 1 aliphatic rings. The number of ether oxygens (including phenoxy) is 4. The van der Waals surface area contributed by atoms with Gasteiger partial charge in [-0.15, -0.1) is 0 Å². The smallest absolute Gasteiger partial charge is 0.246 e. The van der Waals surface area contributed by atoms with Crippen molar-refractivity contribution >= 4 is 46.5 Å². The second kappa shape index (κ2) is 16.3. The Labute approximate surface area is 284 Å². The van der Waals surface area contributed by atoms with E-state index in [0.29, 0.717) is 70.5 Å². The number of methoxy groups -OCH3 is 4. The van der Waals surface area contributed by atoms with Crippen molar-refractivity contribution in [1.82, 2.24) is 5.32 Å². The van der Waals surface area contributed by atoms with Gasteiger partial charge in [0.1, 0.15) is 11.8 Å². The van der Waals surface area contributed by atoms with Crippen LogP contribution in [0.5, 0.6) is 23.0 Å². The molecule has 3 aromatic carbocycles. The minimum Gasteiger partial charge on any atom is -0.495 e. The number of aryl methyl sites for hydroxylation is 1. The Balaban J connectivity index is 1.81. The maximum Gasteiger partial charge on any atom is 0.246 e. The molecule has 0 saturated carbocycles. The van der Waals surface area contributed by atoms with Crippen LogP contribution in [0, 0.1) is 0 Å². The summed E-state index contributed by atoms with van der Waals surface area (Å²) in [5.74, 6) is 1.51.